The minimum atomic E-state index is -0.225. The molecule has 126 valence electrons. The van der Waals surface area contributed by atoms with Crippen LogP contribution in [-0.2, 0) is 4.79 Å². The highest BCUT2D eigenvalue weighted by atomic mass is 16.5. The minimum Gasteiger partial charge on any atom is -0.495 e. The highest BCUT2D eigenvalue weighted by Crippen LogP contribution is 2.23. The van der Waals surface area contributed by atoms with Crippen LogP contribution in [0.5, 0.6) is 5.75 Å². The van der Waals surface area contributed by atoms with Crippen molar-refractivity contribution in [2.24, 2.45) is 10.1 Å². The third-order valence-electron chi connectivity index (χ3n) is 3.59. The predicted molar refractivity (Wildman–Crippen MR) is 98.9 cm³/mol. The maximum absolute atomic E-state index is 12.4. The van der Waals surface area contributed by atoms with Gasteiger partial charge in [-0.1, -0.05) is 49.0 Å². The molecule has 0 atom stereocenters. The molecule has 1 amide bonds. The van der Waals surface area contributed by atoms with Gasteiger partial charge in [0.15, 0.2) is 5.84 Å². The van der Waals surface area contributed by atoms with Gasteiger partial charge in [0.25, 0.3) is 0 Å². The van der Waals surface area contributed by atoms with Crippen molar-refractivity contribution >= 4 is 23.6 Å². The molecule has 0 fully saturated rings. The summed E-state index contributed by atoms with van der Waals surface area (Å²) >= 11 is 0. The Morgan fingerprint density at radius 3 is 2.64 bits per heavy atom. The number of methoxy groups -OCH3 is 1. The van der Waals surface area contributed by atoms with Crippen LogP contribution in [0.3, 0.4) is 0 Å². The molecule has 3 rings (SSSR count). The Labute approximate surface area is 146 Å². The number of carbonyl (C=O) groups is 1. The summed E-state index contributed by atoms with van der Waals surface area (Å²) in [4.78, 5) is 16.7. The number of hydrogen-bond donors (Lipinski definition) is 1. The Balaban J connectivity index is 1.73. The predicted octanol–water partition coefficient (Wildman–Crippen LogP) is 2.90. The lowest BCUT2D eigenvalue weighted by Gasteiger charge is -2.22. The number of hydrogen-bond acceptors (Lipinski definition) is 5. The number of carbonyl (C=O) groups excluding carboxylic acids is 1. The van der Waals surface area contributed by atoms with E-state index in [2.05, 4.69) is 22.0 Å². The molecule has 1 heterocycles. The van der Waals surface area contributed by atoms with Crippen LogP contribution in [0.2, 0.25) is 0 Å². The number of benzene rings is 2. The van der Waals surface area contributed by atoms with E-state index >= 15 is 0 Å². The molecule has 0 bridgehead atoms. The Bertz CT molecular complexity index is 844. The number of nitrogens with zero attached hydrogens (tertiary/aromatic N) is 3. The van der Waals surface area contributed by atoms with Gasteiger partial charge in [0.1, 0.15) is 12.3 Å². The molecule has 25 heavy (non-hydrogen) atoms. The zero-order valence-corrected chi connectivity index (χ0v) is 13.8. The fraction of sp³-hybridized carbons (Fsp3) is 0.105. The Morgan fingerprint density at radius 2 is 1.88 bits per heavy atom. The van der Waals surface area contributed by atoms with E-state index in [4.69, 9.17) is 4.74 Å². The van der Waals surface area contributed by atoms with Crippen LogP contribution < -0.4 is 10.1 Å². The molecule has 0 aliphatic carbocycles. The molecule has 1 aliphatic heterocycles. The van der Waals surface area contributed by atoms with E-state index in [9.17, 15) is 4.79 Å². The zero-order valence-electron chi connectivity index (χ0n) is 13.8. The van der Waals surface area contributed by atoms with Crippen molar-refractivity contribution in [2.75, 3.05) is 19.0 Å². The molecule has 0 unspecified atom stereocenters. The van der Waals surface area contributed by atoms with Gasteiger partial charge in [-0.25, -0.2) is 4.99 Å². The van der Waals surface area contributed by atoms with Crippen molar-refractivity contribution in [2.45, 2.75) is 0 Å². The maximum atomic E-state index is 12.4. The Kier molecular flexibility index (Phi) is 4.89. The summed E-state index contributed by atoms with van der Waals surface area (Å²) in [6, 6.07) is 16.8. The molecule has 6 nitrogen and oxygen atoms in total. The summed E-state index contributed by atoms with van der Waals surface area (Å²) in [5.74, 6) is 0.915. The van der Waals surface area contributed by atoms with E-state index in [-0.39, 0.29) is 12.5 Å². The lowest BCUT2D eigenvalue weighted by molar-refractivity contribution is -0.116. The van der Waals surface area contributed by atoms with Crippen LogP contribution in [0.25, 0.3) is 0 Å². The first kappa shape index (κ1) is 16.4. The van der Waals surface area contributed by atoms with Gasteiger partial charge in [-0.2, -0.15) is 5.10 Å². The van der Waals surface area contributed by atoms with Crippen LogP contribution in [0.1, 0.15) is 5.56 Å². The zero-order chi connectivity index (χ0) is 17.6. The molecule has 0 saturated heterocycles. The van der Waals surface area contributed by atoms with E-state index in [0.29, 0.717) is 23.0 Å². The number of nitrogens with one attached hydrogen (secondary N) is 1. The summed E-state index contributed by atoms with van der Waals surface area (Å²) < 4.78 is 5.24. The van der Waals surface area contributed by atoms with Gasteiger partial charge in [0, 0.05) is 5.56 Å². The van der Waals surface area contributed by atoms with E-state index in [1.807, 2.05) is 42.5 Å². The van der Waals surface area contributed by atoms with Gasteiger partial charge in [-0.05, 0) is 12.1 Å². The molecule has 6 heteroatoms. The van der Waals surface area contributed by atoms with Gasteiger partial charge in [-0.15, -0.1) is 0 Å². The number of rotatable bonds is 5. The summed E-state index contributed by atoms with van der Waals surface area (Å²) in [5, 5.41) is 8.77. The van der Waals surface area contributed by atoms with Crippen LogP contribution in [-0.4, -0.2) is 36.6 Å². The smallest absolute Gasteiger partial charge is 0.246 e. The lowest BCUT2D eigenvalue weighted by atomic mass is 10.2. The fourth-order valence-electron chi connectivity index (χ4n) is 2.34. The number of allylic oxidation sites excluding steroid dienone is 1. The first-order chi connectivity index (χ1) is 12.2. The largest absolute Gasteiger partial charge is 0.495 e. The molecule has 0 spiro atoms. The first-order valence-corrected chi connectivity index (χ1v) is 7.75. The van der Waals surface area contributed by atoms with Crippen LogP contribution in [0, 0.1) is 0 Å². The Morgan fingerprint density at radius 1 is 1.16 bits per heavy atom. The fourth-order valence-corrected chi connectivity index (χ4v) is 2.34. The molecule has 1 N–H and O–H groups in total. The number of aliphatic imine (C=N–C) groups is 1. The normalized spacial score (nSPS) is 13.4. The van der Waals surface area contributed by atoms with Crippen molar-refractivity contribution in [1.29, 1.82) is 0 Å². The molecule has 0 saturated carbocycles. The second kappa shape index (κ2) is 7.44. The molecule has 0 aromatic heterocycles. The second-order valence-corrected chi connectivity index (χ2v) is 5.35. The summed E-state index contributed by atoms with van der Waals surface area (Å²) in [5.41, 5.74) is 2.04. The number of ether oxygens (including phenoxy) is 1. The van der Waals surface area contributed by atoms with E-state index in [1.165, 1.54) is 5.01 Å². The number of hydrazone groups is 1. The molecular formula is C19H18N4O2. The van der Waals surface area contributed by atoms with Gasteiger partial charge in [0.2, 0.25) is 5.91 Å². The van der Waals surface area contributed by atoms with Gasteiger partial charge in [-0.3, -0.25) is 9.80 Å². The summed E-state index contributed by atoms with van der Waals surface area (Å²) in [6.45, 7) is 3.91. The average molecular weight is 334 g/mol. The molecular weight excluding hydrogens is 316 g/mol. The van der Waals surface area contributed by atoms with Crippen molar-refractivity contribution in [3.8, 4) is 5.75 Å². The standard InChI is InChI=1S/C19H18N4O2/c1-14-12-20-19(15-8-4-3-5-9-15)22-23(14)13-18(24)21-16-10-6-7-11-17(16)25-2/h3-12H,1,13H2,2H3,(H,21,24). The van der Waals surface area contributed by atoms with Crippen molar-refractivity contribution < 1.29 is 9.53 Å². The van der Waals surface area contributed by atoms with Crippen molar-refractivity contribution in [1.82, 2.24) is 5.01 Å². The quantitative estimate of drug-likeness (QED) is 0.914. The number of amidine groups is 1. The van der Waals surface area contributed by atoms with Crippen molar-refractivity contribution in [3.05, 3.63) is 72.4 Å². The Hall–Kier alpha value is -3.41. The monoisotopic (exact) mass is 334 g/mol. The second-order valence-electron chi connectivity index (χ2n) is 5.35. The molecule has 0 radical (unpaired) electrons. The maximum Gasteiger partial charge on any atom is 0.246 e. The third-order valence-corrected chi connectivity index (χ3v) is 3.59. The molecule has 2 aromatic rings. The van der Waals surface area contributed by atoms with Gasteiger partial charge >= 0.3 is 0 Å². The SMILES string of the molecule is C=C1C=NC(c2ccccc2)=NN1CC(=O)Nc1ccccc1OC. The van der Waals surface area contributed by atoms with Gasteiger partial charge in [0.05, 0.1) is 24.7 Å². The highest BCUT2D eigenvalue weighted by Gasteiger charge is 2.17. The van der Waals surface area contributed by atoms with E-state index < -0.39 is 0 Å². The van der Waals surface area contributed by atoms with E-state index in [0.717, 1.165) is 5.56 Å². The van der Waals surface area contributed by atoms with Crippen LogP contribution in [0.4, 0.5) is 5.69 Å². The van der Waals surface area contributed by atoms with Crippen LogP contribution >= 0.6 is 0 Å². The summed E-state index contributed by atoms with van der Waals surface area (Å²) in [6.07, 6.45) is 1.60. The average Bonchev–Trinajstić information content (AvgIpc) is 2.64. The lowest BCUT2D eigenvalue weighted by Crippen LogP contribution is -2.32. The van der Waals surface area contributed by atoms with Crippen LogP contribution in [0.15, 0.2) is 77.0 Å². The van der Waals surface area contributed by atoms with Crippen molar-refractivity contribution in [3.63, 3.8) is 0 Å². The number of para-hydroxylation sites is 2. The minimum absolute atomic E-state index is 0.0270. The molecule has 2 aromatic carbocycles. The van der Waals surface area contributed by atoms with E-state index in [1.54, 1.807) is 25.5 Å². The highest BCUT2D eigenvalue weighted by molar-refractivity contribution is 6.06. The topological polar surface area (TPSA) is 66.3 Å². The first-order valence-electron chi connectivity index (χ1n) is 7.75. The number of amides is 1. The third kappa shape index (κ3) is 3.92. The van der Waals surface area contributed by atoms with Gasteiger partial charge < -0.3 is 10.1 Å². The summed E-state index contributed by atoms with van der Waals surface area (Å²) in [7, 11) is 1.56. The molecule has 1 aliphatic rings. The number of anilines is 1.